The van der Waals surface area contributed by atoms with Crippen molar-refractivity contribution in [3.8, 4) is 0 Å². The van der Waals surface area contributed by atoms with Gasteiger partial charge in [-0.15, -0.1) is 10.2 Å². The van der Waals surface area contributed by atoms with Crippen molar-refractivity contribution in [1.82, 2.24) is 14.9 Å². The quantitative estimate of drug-likeness (QED) is 0.495. The van der Waals surface area contributed by atoms with Crippen molar-refractivity contribution in [2.24, 2.45) is 5.41 Å². The van der Waals surface area contributed by atoms with Gasteiger partial charge >= 0.3 is 0 Å². The fourth-order valence-corrected chi connectivity index (χ4v) is 4.75. The van der Waals surface area contributed by atoms with E-state index in [-0.39, 0.29) is 15.4 Å². The van der Waals surface area contributed by atoms with Crippen molar-refractivity contribution in [3.63, 3.8) is 0 Å². The lowest BCUT2D eigenvalue weighted by Crippen LogP contribution is -2.27. The Labute approximate surface area is 168 Å². The molecule has 1 heterocycles. The third-order valence-electron chi connectivity index (χ3n) is 3.47. The molecule has 0 fully saturated rings. The number of nitrogens with one attached hydrogen (secondary N) is 2. The molecule has 0 spiro atoms. The van der Waals surface area contributed by atoms with Crippen LogP contribution >= 0.6 is 23.1 Å². The highest BCUT2D eigenvalue weighted by molar-refractivity contribution is 7.98. The Kier molecular flexibility index (Phi) is 7.38. The summed E-state index contributed by atoms with van der Waals surface area (Å²) < 4.78 is 26.9. The molecule has 10 heteroatoms. The first-order valence-electron chi connectivity index (χ1n) is 8.36. The largest absolute Gasteiger partial charge is 0.300 e. The van der Waals surface area contributed by atoms with Gasteiger partial charge in [-0.2, -0.15) is 11.8 Å². The van der Waals surface area contributed by atoms with Crippen LogP contribution in [0, 0.1) is 12.3 Å². The lowest BCUT2D eigenvalue weighted by molar-refractivity contribution is -0.123. The summed E-state index contributed by atoms with van der Waals surface area (Å²) in [6.07, 6.45) is 0. The molecule has 0 aliphatic heterocycles. The molecule has 0 saturated carbocycles. The number of amides is 1. The summed E-state index contributed by atoms with van der Waals surface area (Å²) in [7, 11) is -3.73. The van der Waals surface area contributed by atoms with Crippen LogP contribution in [0.25, 0.3) is 0 Å². The maximum atomic E-state index is 12.3. The number of benzene rings is 1. The topological polar surface area (TPSA) is 101 Å². The van der Waals surface area contributed by atoms with Gasteiger partial charge < -0.3 is 5.32 Å². The van der Waals surface area contributed by atoms with E-state index in [4.69, 9.17) is 0 Å². The van der Waals surface area contributed by atoms with Crippen LogP contribution in [0.2, 0.25) is 0 Å². The molecular formula is C17H24N4O3S3. The minimum atomic E-state index is -3.73. The maximum absolute atomic E-state index is 12.3. The number of sulfonamides is 1. The average Bonchev–Trinajstić information content (AvgIpc) is 3.05. The smallest absolute Gasteiger partial charge is 0.269 e. The Morgan fingerprint density at radius 3 is 2.48 bits per heavy atom. The van der Waals surface area contributed by atoms with E-state index in [1.807, 2.05) is 6.92 Å². The Morgan fingerprint density at radius 1 is 1.19 bits per heavy atom. The predicted octanol–water partition coefficient (Wildman–Crippen LogP) is 3.04. The Balaban J connectivity index is 1.80. The van der Waals surface area contributed by atoms with Crippen LogP contribution < -0.4 is 10.0 Å². The van der Waals surface area contributed by atoms with E-state index in [1.54, 1.807) is 32.5 Å². The zero-order valence-electron chi connectivity index (χ0n) is 15.8. The zero-order chi connectivity index (χ0) is 20.1. The van der Waals surface area contributed by atoms with Crippen LogP contribution in [0.3, 0.4) is 0 Å². The fraction of sp³-hybridized carbons (Fsp3) is 0.471. The molecule has 2 rings (SSSR count). The molecule has 0 unspecified atom stereocenters. The fourth-order valence-electron chi connectivity index (χ4n) is 1.84. The van der Waals surface area contributed by atoms with Crippen LogP contribution in [-0.2, 0) is 20.6 Å². The highest BCUT2D eigenvalue weighted by Gasteiger charge is 2.24. The number of nitrogens with zero attached hydrogens (tertiary/aromatic N) is 2. The van der Waals surface area contributed by atoms with E-state index in [9.17, 15) is 13.2 Å². The number of carbonyl (C=O) groups is 1. The molecule has 7 nitrogen and oxygen atoms in total. The van der Waals surface area contributed by atoms with Gasteiger partial charge in [-0.3, -0.25) is 4.79 Å². The summed E-state index contributed by atoms with van der Waals surface area (Å²) in [5, 5.41) is 10.2. The lowest BCUT2D eigenvalue weighted by Gasteiger charge is -2.15. The first kappa shape index (κ1) is 21.8. The van der Waals surface area contributed by atoms with E-state index in [1.165, 1.54) is 11.1 Å². The summed E-state index contributed by atoms with van der Waals surface area (Å²) in [6.45, 7) is 7.62. The molecule has 0 aliphatic rings. The molecule has 0 atom stereocenters. The van der Waals surface area contributed by atoms with Gasteiger partial charge in [0.1, 0.15) is 0 Å². The first-order valence-corrected chi connectivity index (χ1v) is 11.8. The number of hydrogen-bond donors (Lipinski definition) is 2. The molecule has 1 aromatic carbocycles. The van der Waals surface area contributed by atoms with Crippen LogP contribution in [-0.4, -0.2) is 36.8 Å². The number of aryl methyl sites for hydroxylation is 1. The number of aromatic nitrogens is 2. The van der Waals surface area contributed by atoms with Crippen molar-refractivity contribution in [2.75, 3.05) is 17.6 Å². The zero-order valence-corrected chi connectivity index (χ0v) is 18.2. The molecule has 0 bridgehead atoms. The van der Waals surface area contributed by atoms with Gasteiger partial charge in [0.2, 0.25) is 15.4 Å². The summed E-state index contributed by atoms with van der Waals surface area (Å²) in [5.41, 5.74) is 1.82. The molecule has 148 valence electrons. The van der Waals surface area contributed by atoms with Gasteiger partial charge in [0, 0.05) is 23.5 Å². The standard InChI is InChI=1S/C17H24N4O3S3/c1-12-5-7-13(8-6-12)11-25-10-9-18-27(23,24)16-21-20-15(26-16)19-14(22)17(2,3)4/h5-8,18H,9-11H2,1-4H3,(H,19,20,22). The minimum absolute atomic E-state index is 0.157. The van der Waals surface area contributed by atoms with Crippen LogP contribution in [0.1, 0.15) is 31.9 Å². The number of rotatable bonds is 8. The van der Waals surface area contributed by atoms with Crippen molar-refractivity contribution in [1.29, 1.82) is 0 Å². The van der Waals surface area contributed by atoms with E-state index >= 15 is 0 Å². The van der Waals surface area contributed by atoms with E-state index in [2.05, 4.69) is 44.5 Å². The number of thioether (sulfide) groups is 1. The Bertz CT molecular complexity index is 872. The van der Waals surface area contributed by atoms with Crippen molar-refractivity contribution in [3.05, 3.63) is 35.4 Å². The molecule has 2 aromatic rings. The highest BCUT2D eigenvalue weighted by atomic mass is 32.2. The lowest BCUT2D eigenvalue weighted by atomic mass is 9.96. The number of hydrogen-bond acceptors (Lipinski definition) is 7. The second kappa shape index (κ2) is 9.13. The second-order valence-corrected chi connectivity index (χ2v) is 11.0. The van der Waals surface area contributed by atoms with Gasteiger partial charge in [0.25, 0.3) is 10.0 Å². The molecular weight excluding hydrogens is 404 g/mol. The predicted molar refractivity (Wildman–Crippen MR) is 111 cm³/mol. The molecule has 0 saturated heterocycles. The second-order valence-electron chi connectivity index (χ2n) is 7.01. The van der Waals surface area contributed by atoms with Crippen LogP contribution in [0.4, 0.5) is 5.13 Å². The third-order valence-corrected chi connectivity index (χ3v) is 7.16. The van der Waals surface area contributed by atoms with Gasteiger partial charge in [0.05, 0.1) is 0 Å². The summed E-state index contributed by atoms with van der Waals surface area (Å²) >= 11 is 2.48. The van der Waals surface area contributed by atoms with Crippen molar-refractivity contribution in [2.45, 2.75) is 37.8 Å². The molecule has 2 N–H and O–H groups in total. The van der Waals surface area contributed by atoms with Crippen LogP contribution in [0.5, 0.6) is 0 Å². The van der Waals surface area contributed by atoms with Gasteiger partial charge in [-0.25, -0.2) is 13.1 Å². The van der Waals surface area contributed by atoms with Gasteiger partial charge in [0.15, 0.2) is 0 Å². The van der Waals surface area contributed by atoms with Gasteiger partial charge in [-0.1, -0.05) is 61.9 Å². The van der Waals surface area contributed by atoms with Crippen molar-refractivity contribution >= 4 is 44.2 Å². The molecule has 0 aliphatic carbocycles. The highest BCUT2D eigenvalue weighted by Crippen LogP contribution is 2.23. The maximum Gasteiger partial charge on any atom is 0.269 e. The summed E-state index contributed by atoms with van der Waals surface area (Å²) in [5.74, 6) is 1.21. The molecule has 0 radical (unpaired) electrons. The van der Waals surface area contributed by atoms with Gasteiger partial charge in [-0.05, 0) is 12.5 Å². The third kappa shape index (κ3) is 6.87. The molecule has 27 heavy (non-hydrogen) atoms. The van der Waals surface area contributed by atoms with Crippen LogP contribution in [0.15, 0.2) is 28.6 Å². The number of carbonyl (C=O) groups excluding carboxylic acids is 1. The molecule has 1 amide bonds. The average molecular weight is 429 g/mol. The first-order chi connectivity index (χ1) is 12.6. The Morgan fingerprint density at radius 2 is 1.85 bits per heavy atom. The molecule has 1 aromatic heterocycles. The van der Waals surface area contributed by atoms with E-state index in [0.29, 0.717) is 12.3 Å². The monoisotopic (exact) mass is 428 g/mol. The minimum Gasteiger partial charge on any atom is -0.300 e. The normalized spacial score (nSPS) is 12.1. The SMILES string of the molecule is Cc1ccc(CSCCNS(=O)(=O)c2nnc(NC(=O)C(C)(C)C)s2)cc1. The van der Waals surface area contributed by atoms with E-state index < -0.39 is 15.4 Å². The summed E-state index contributed by atoms with van der Waals surface area (Å²) in [6, 6.07) is 8.26. The van der Waals surface area contributed by atoms with Crippen molar-refractivity contribution < 1.29 is 13.2 Å². The number of anilines is 1. The van der Waals surface area contributed by atoms with E-state index in [0.717, 1.165) is 17.1 Å². The summed E-state index contributed by atoms with van der Waals surface area (Å²) in [4.78, 5) is 11.9. The Hall–Kier alpha value is -1.49.